The van der Waals surface area contributed by atoms with Crippen LogP contribution in [-0.4, -0.2) is 48.0 Å². The molecule has 1 saturated heterocycles. The molecule has 4 heterocycles. The number of likely N-dealkylation sites (tertiary alicyclic amines) is 1. The van der Waals surface area contributed by atoms with Gasteiger partial charge in [0.25, 0.3) is 5.91 Å². The van der Waals surface area contributed by atoms with Crippen LogP contribution in [0.2, 0.25) is 0 Å². The quantitative estimate of drug-likeness (QED) is 0.292. The zero-order valence-electron chi connectivity index (χ0n) is 22.3. The number of ether oxygens (including phenoxy) is 1. The number of amides is 3. The van der Waals surface area contributed by atoms with Crippen molar-refractivity contribution < 1.29 is 14.3 Å². The van der Waals surface area contributed by atoms with Crippen LogP contribution in [0.15, 0.2) is 54.7 Å². The Bertz CT molecular complexity index is 1580. The normalized spacial score (nSPS) is 17.3. The van der Waals surface area contributed by atoms with Crippen molar-refractivity contribution in [3.63, 3.8) is 0 Å². The number of carbonyl (C=O) groups excluding carboxylic acids is 2. The average molecular weight is 542 g/mol. The third-order valence-electron chi connectivity index (χ3n) is 7.36. The third kappa shape index (κ3) is 4.84. The molecule has 0 saturated carbocycles. The predicted molar refractivity (Wildman–Crippen MR) is 156 cm³/mol. The van der Waals surface area contributed by atoms with Crippen molar-refractivity contribution in [2.24, 2.45) is 0 Å². The molecule has 0 bridgehead atoms. The zero-order valence-corrected chi connectivity index (χ0v) is 23.1. The van der Waals surface area contributed by atoms with Gasteiger partial charge in [0.2, 0.25) is 0 Å². The molecule has 200 valence electrons. The lowest BCUT2D eigenvalue weighted by Crippen LogP contribution is -2.46. The van der Waals surface area contributed by atoms with Gasteiger partial charge in [0.15, 0.2) is 0 Å². The lowest BCUT2D eigenvalue weighted by Gasteiger charge is -2.31. The summed E-state index contributed by atoms with van der Waals surface area (Å²) in [7, 11) is 2.07. The van der Waals surface area contributed by atoms with Gasteiger partial charge < -0.3 is 20.3 Å². The summed E-state index contributed by atoms with van der Waals surface area (Å²) in [6, 6.07) is 15.3. The second kappa shape index (κ2) is 10.3. The lowest BCUT2D eigenvalue weighted by atomic mass is 10.1. The molecule has 39 heavy (non-hydrogen) atoms. The number of rotatable bonds is 6. The Labute approximate surface area is 231 Å². The molecule has 2 aromatic carbocycles. The van der Waals surface area contributed by atoms with Gasteiger partial charge in [0.1, 0.15) is 21.2 Å². The molecule has 1 fully saturated rings. The number of piperidine rings is 1. The first-order valence-electron chi connectivity index (χ1n) is 13.3. The Hall–Kier alpha value is -3.95. The van der Waals surface area contributed by atoms with E-state index in [0.29, 0.717) is 26.8 Å². The Morgan fingerprint density at radius 2 is 2.03 bits per heavy atom. The molecule has 9 heteroatoms. The number of likely N-dealkylation sites (N-methyl/N-ethyl adjacent to an activating group) is 1. The highest BCUT2D eigenvalue weighted by atomic mass is 32.1. The van der Waals surface area contributed by atoms with Crippen molar-refractivity contribution in [2.45, 2.75) is 39.2 Å². The molecule has 2 N–H and O–H groups in total. The summed E-state index contributed by atoms with van der Waals surface area (Å²) in [5.41, 5.74) is 4.08. The van der Waals surface area contributed by atoms with E-state index in [9.17, 15) is 9.59 Å². The third-order valence-corrected chi connectivity index (χ3v) is 8.46. The topological polar surface area (TPSA) is 86.8 Å². The van der Waals surface area contributed by atoms with Crippen molar-refractivity contribution in [1.82, 2.24) is 15.2 Å². The number of carbonyl (C=O) groups is 2. The lowest BCUT2D eigenvalue weighted by molar-refractivity contribution is 0.0917. The van der Waals surface area contributed by atoms with E-state index in [4.69, 9.17) is 4.74 Å². The van der Waals surface area contributed by atoms with E-state index in [1.807, 2.05) is 49.4 Å². The van der Waals surface area contributed by atoms with Crippen molar-refractivity contribution in [2.75, 3.05) is 30.4 Å². The molecule has 8 nitrogen and oxygen atoms in total. The SMILES string of the molecule is CCc1cccc(Oc2ccc(N3C(=O)Nc4c(C(=O)NC5CCCN(C)C5)sc5nccc3c45)c(C)c2)c1. The molecule has 2 aliphatic heterocycles. The van der Waals surface area contributed by atoms with Crippen molar-refractivity contribution in [3.05, 3.63) is 70.7 Å². The van der Waals surface area contributed by atoms with E-state index >= 15 is 0 Å². The molecule has 2 aliphatic rings. The number of thiophene rings is 1. The van der Waals surface area contributed by atoms with Crippen molar-refractivity contribution >= 4 is 50.6 Å². The first-order chi connectivity index (χ1) is 18.9. The molecular weight excluding hydrogens is 510 g/mol. The van der Waals surface area contributed by atoms with E-state index in [1.54, 1.807) is 11.1 Å². The van der Waals surface area contributed by atoms with Crippen LogP contribution in [0.4, 0.5) is 21.9 Å². The first-order valence-corrected chi connectivity index (χ1v) is 14.1. The number of urea groups is 1. The van der Waals surface area contributed by atoms with E-state index in [-0.39, 0.29) is 18.0 Å². The van der Waals surface area contributed by atoms with E-state index in [2.05, 4.69) is 40.6 Å². The van der Waals surface area contributed by atoms with Crippen LogP contribution in [0.3, 0.4) is 0 Å². The molecule has 1 atom stereocenters. The molecule has 2 aromatic heterocycles. The minimum Gasteiger partial charge on any atom is -0.457 e. The molecule has 0 radical (unpaired) electrons. The van der Waals surface area contributed by atoms with Crippen molar-refractivity contribution in [1.29, 1.82) is 0 Å². The van der Waals surface area contributed by atoms with Crippen LogP contribution in [0, 0.1) is 6.92 Å². The summed E-state index contributed by atoms with van der Waals surface area (Å²) in [6.07, 6.45) is 4.62. The van der Waals surface area contributed by atoms with Crippen LogP contribution < -0.4 is 20.3 Å². The monoisotopic (exact) mass is 541 g/mol. The predicted octanol–water partition coefficient (Wildman–Crippen LogP) is 6.47. The smallest absolute Gasteiger partial charge is 0.331 e. The van der Waals surface area contributed by atoms with Gasteiger partial charge in [-0.05, 0) is 87.3 Å². The second-order valence-electron chi connectivity index (χ2n) is 10.2. The van der Waals surface area contributed by atoms with Gasteiger partial charge >= 0.3 is 6.03 Å². The minimum atomic E-state index is -0.313. The fourth-order valence-electron chi connectivity index (χ4n) is 5.43. The average Bonchev–Trinajstić information content (AvgIpc) is 3.29. The summed E-state index contributed by atoms with van der Waals surface area (Å²) in [6.45, 7) is 5.93. The van der Waals surface area contributed by atoms with Crippen LogP contribution in [0.5, 0.6) is 11.5 Å². The zero-order chi connectivity index (χ0) is 27.1. The molecule has 1 unspecified atom stereocenters. The standard InChI is InChI=1S/C30H31N5O3S/c1-4-19-7-5-9-21(16-19)38-22-10-11-23(18(2)15-22)35-24-12-13-31-29-25(24)26(33-30(35)37)27(39-29)28(36)32-20-8-6-14-34(3)17-20/h5,7,9-13,15-16,20H,4,6,8,14,17H2,1-3H3,(H,32,36)(H,33,37). The Morgan fingerprint density at radius 3 is 2.82 bits per heavy atom. The van der Waals surface area contributed by atoms with Gasteiger partial charge in [-0.25, -0.2) is 9.78 Å². The van der Waals surface area contributed by atoms with Gasteiger partial charge in [-0.1, -0.05) is 19.1 Å². The summed E-state index contributed by atoms with van der Waals surface area (Å²) >= 11 is 1.31. The first kappa shape index (κ1) is 25.3. The summed E-state index contributed by atoms with van der Waals surface area (Å²) in [5, 5.41) is 6.95. The van der Waals surface area contributed by atoms with Gasteiger partial charge in [-0.3, -0.25) is 9.69 Å². The number of hydrogen-bond donors (Lipinski definition) is 2. The number of hydrogen-bond acceptors (Lipinski definition) is 6. The number of nitrogens with zero attached hydrogens (tertiary/aromatic N) is 3. The number of nitrogens with one attached hydrogen (secondary N) is 2. The van der Waals surface area contributed by atoms with Crippen LogP contribution in [0.1, 0.15) is 40.6 Å². The highest BCUT2D eigenvalue weighted by molar-refractivity contribution is 7.21. The Morgan fingerprint density at radius 1 is 1.18 bits per heavy atom. The molecule has 3 amide bonds. The van der Waals surface area contributed by atoms with E-state index < -0.39 is 0 Å². The van der Waals surface area contributed by atoms with Crippen molar-refractivity contribution in [3.8, 4) is 11.5 Å². The summed E-state index contributed by atoms with van der Waals surface area (Å²) in [5.74, 6) is 1.31. The van der Waals surface area contributed by atoms with Crippen LogP contribution >= 0.6 is 11.3 Å². The largest absolute Gasteiger partial charge is 0.457 e. The summed E-state index contributed by atoms with van der Waals surface area (Å²) in [4.78, 5) is 36.5. The molecule has 4 aromatic rings. The molecular formula is C30H31N5O3S. The van der Waals surface area contributed by atoms with Gasteiger partial charge in [0, 0.05) is 18.8 Å². The fraction of sp³-hybridized carbons (Fsp3) is 0.300. The molecule has 6 rings (SSSR count). The number of benzene rings is 2. The molecule has 0 spiro atoms. The molecule has 0 aliphatic carbocycles. The van der Waals surface area contributed by atoms with E-state index in [0.717, 1.165) is 54.7 Å². The van der Waals surface area contributed by atoms with Gasteiger partial charge in [-0.2, -0.15) is 0 Å². The number of anilines is 3. The number of aryl methyl sites for hydroxylation is 2. The number of pyridine rings is 1. The van der Waals surface area contributed by atoms with Gasteiger partial charge in [0.05, 0.1) is 22.4 Å². The van der Waals surface area contributed by atoms with Crippen LogP contribution in [-0.2, 0) is 6.42 Å². The Kier molecular flexibility index (Phi) is 6.70. The summed E-state index contributed by atoms with van der Waals surface area (Å²) < 4.78 is 6.11. The highest BCUT2D eigenvalue weighted by Gasteiger charge is 2.34. The van der Waals surface area contributed by atoms with Gasteiger partial charge in [-0.15, -0.1) is 11.3 Å². The number of aromatic nitrogens is 1. The highest BCUT2D eigenvalue weighted by Crippen LogP contribution is 2.46. The maximum Gasteiger partial charge on any atom is 0.331 e. The maximum atomic E-state index is 13.5. The maximum absolute atomic E-state index is 13.5. The fourth-order valence-corrected chi connectivity index (χ4v) is 6.45. The van der Waals surface area contributed by atoms with E-state index in [1.165, 1.54) is 16.9 Å². The Balaban J connectivity index is 1.31. The minimum absolute atomic E-state index is 0.0877. The van der Waals surface area contributed by atoms with Crippen LogP contribution in [0.25, 0.3) is 10.2 Å². The second-order valence-corrected chi connectivity index (χ2v) is 11.2.